The van der Waals surface area contributed by atoms with Crippen LogP contribution in [0.15, 0.2) is 103 Å². The third kappa shape index (κ3) is 2.91. The van der Waals surface area contributed by atoms with Gasteiger partial charge >= 0.3 is 0 Å². The monoisotopic (exact) mass is 347 g/mol. The number of fused-ring (bicyclic) bond motifs is 3. The molecule has 0 bridgehead atoms. The zero-order valence-electron chi connectivity index (χ0n) is 14.7. The number of aromatic nitrogens is 1. The Bertz CT molecular complexity index is 1230. The van der Waals surface area contributed by atoms with Gasteiger partial charge in [0, 0.05) is 11.6 Å². The van der Waals surface area contributed by atoms with Gasteiger partial charge in [0.25, 0.3) is 0 Å². The van der Waals surface area contributed by atoms with Crippen LogP contribution in [-0.2, 0) is 0 Å². The highest BCUT2D eigenvalue weighted by Crippen LogP contribution is 2.34. The van der Waals surface area contributed by atoms with E-state index in [2.05, 4.69) is 65.6 Å². The molecule has 0 atom stereocenters. The maximum absolute atomic E-state index is 6.02. The molecule has 0 aliphatic rings. The van der Waals surface area contributed by atoms with Crippen LogP contribution in [0.3, 0.4) is 0 Å². The summed E-state index contributed by atoms with van der Waals surface area (Å²) >= 11 is 0. The normalized spacial score (nSPS) is 11.0. The molecule has 5 aromatic rings. The van der Waals surface area contributed by atoms with Crippen molar-refractivity contribution in [2.45, 2.75) is 0 Å². The van der Waals surface area contributed by atoms with Gasteiger partial charge in [-0.05, 0) is 57.6 Å². The smallest absolute Gasteiger partial charge is 0.227 e. The minimum absolute atomic E-state index is 0.632. The van der Waals surface area contributed by atoms with Crippen molar-refractivity contribution in [2.75, 3.05) is 0 Å². The minimum Gasteiger partial charge on any atom is -0.438 e. The Kier molecular flexibility index (Phi) is 3.80. The first-order chi connectivity index (χ1) is 13.4. The second kappa shape index (κ2) is 6.58. The molecule has 0 saturated heterocycles. The van der Waals surface area contributed by atoms with E-state index >= 15 is 0 Å². The Morgan fingerprint density at radius 2 is 1.30 bits per heavy atom. The van der Waals surface area contributed by atoms with Gasteiger partial charge in [0.1, 0.15) is 5.75 Å². The number of hydrogen-bond donors (Lipinski definition) is 0. The first kappa shape index (κ1) is 15.6. The quantitative estimate of drug-likeness (QED) is 0.333. The SMILES string of the molecule is c1ccc(Oc2nccc3c2ccc2cc(-c4ccccc4)ccc23)cc1. The molecule has 0 fully saturated rings. The molecule has 1 aromatic heterocycles. The molecule has 128 valence electrons. The second-order valence-corrected chi connectivity index (χ2v) is 6.49. The van der Waals surface area contributed by atoms with Crippen molar-refractivity contribution in [1.29, 1.82) is 0 Å². The van der Waals surface area contributed by atoms with Gasteiger partial charge in [-0.3, -0.25) is 0 Å². The molecule has 0 aliphatic heterocycles. The first-order valence-corrected chi connectivity index (χ1v) is 8.98. The fourth-order valence-electron chi connectivity index (χ4n) is 3.46. The van der Waals surface area contributed by atoms with Crippen LogP contribution in [0.2, 0.25) is 0 Å². The molecular weight excluding hydrogens is 330 g/mol. The topological polar surface area (TPSA) is 22.1 Å². The number of ether oxygens (including phenoxy) is 1. The molecular formula is C25H17NO. The summed E-state index contributed by atoms with van der Waals surface area (Å²) in [5.41, 5.74) is 2.44. The van der Waals surface area contributed by atoms with Crippen molar-refractivity contribution in [3.8, 4) is 22.8 Å². The second-order valence-electron chi connectivity index (χ2n) is 6.49. The van der Waals surface area contributed by atoms with Gasteiger partial charge in [-0.2, -0.15) is 0 Å². The Morgan fingerprint density at radius 1 is 0.556 bits per heavy atom. The van der Waals surface area contributed by atoms with E-state index in [-0.39, 0.29) is 0 Å². The van der Waals surface area contributed by atoms with Gasteiger partial charge in [-0.1, -0.05) is 66.7 Å². The largest absolute Gasteiger partial charge is 0.438 e. The molecule has 2 nitrogen and oxygen atoms in total. The van der Waals surface area contributed by atoms with Crippen LogP contribution in [0.25, 0.3) is 32.7 Å². The van der Waals surface area contributed by atoms with E-state index in [1.165, 1.54) is 21.9 Å². The number of rotatable bonds is 3. The Labute approximate surface area is 157 Å². The Balaban J connectivity index is 1.64. The van der Waals surface area contributed by atoms with Gasteiger partial charge in [-0.25, -0.2) is 4.98 Å². The van der Waals surface area contributed by atoms with Gasteiger partial charge in [0.05, 0.1) is 0 Å². The molecule has 0 unspecified atom stereocenters. The van der Waals surface area contributed by atoms with Crippen molar-refractivity contribution in [1.82, 2.24) is 4.98 Å². The van der Waals surface area contributed by atoms with Gasteiger partial charge in [-0.15, -0.1) is 0 Å². The van der Waals surface area contributed by atoms with Crippen molar-refractivity contribution in [3.05, 3.63) is 103 Å². The summed E-state index contributed by atoms with van der Waals surface area (Å²) in [6.07, 6.45) is 1.81. The van der Waals surface area contributed by atoms with Crippen LogP contribution in [0, 0.1) is 0 Å². The molecule has 2 heteroatoms. The van der Waals surface area contributed by atoms with Gasteiger partial charge < -0.3 is 4.74 Å². The Morgan fingerprint density at radius 3 is 2.11 bits per heavy atom. The van der Waals surface area contributed by atoms with Gasteiger partial charge in [0.15, 0.2) is 0 Å². The highest BCUT2D eigenvalue weighted by Gasteiger charge is 2.09. The van der Waals surface area contributed by atoms with Crippen LogP contribution in [0.1, 0.15) is 0 Å². The average molecular weight is 347 g/mol. The van der Waals surface area contributed by atoms with E-state index in [1.807, 2.05) is 42.6 Å². The lowest BCUT2D eigenvalue weighted by molar-refractivity contribution is 0.469. The highest BCUT2D eigenvalue weighted by molar-refractivity contribution is 6.09. The number of para-hydroxylation sites is 1. The number of nitrogens with zero attached hydrogens (tertiary/aromatic N) is 1. The lowest BCUT2D eigenvalue weighted by atomic mass is 9.98. The molecule has 4 aromatic carbocycles. The molecule has 5 rings (SSSR count). The van der Waals surface area contributed by atoms with Crippen LogP contribution in [0.4, 0.5) is 0 Å². The van der Waals surface area contributed by atoms with E-state index < -0.39 is 0 Å². The van der Waals surface area contributed by atoms with Crippen LogP contribution in [-0.4, -0.2) is 4.98 Å². The molecule has 0 aliphatic carbocycles. The van der Waals surface area contributed by atoms with Crippen molar-refractivity contribution < 1.29 is 4.74 Å². The molecule has 0 N–H and O–H groups in total. The standard InChI is InChI=1S/C25H17NO/c1-3-7-18(8-4-1)19-11-13-22-20(17-19)12-14-24-23(22)15-16-26-25(24)27-21-9-5-2-6-10-21/h1-17H. The molecule has 0 radical (unpaired) electrons. The predicted molar refractivity (Wildman–Crippen MR) is 111 cm³/mol. The molecule has 1 heterocycles. The predicted octanol–water partition coefficient (Wildman–Crippen LogP) is 6.85. The third-order valence-electron chi connectivity index (χ3n) is 4.79. The van der Waals surface area contributed by atoms with E-state index in [9.17, 15) is 0 Å². The fraction of sp³-hybridized carbons (Fsp3) is 0. The molecule has 27 heavy (non-hydrogen) atoms. The molecule has 0 saturated carbocycles. The highest BCUT2D eigenvalue weighted by atomic mass is 16.5. The zero-order chi connectivity index (χ0) is 18.1. The van der Waals surface area contributed by atoms with Crippen LogP contribution < -0.4 is 4.74 Å². The molecule has 0 amide bonds. The van der Waals surface area contributed by atoms with Crippen LogP contribution >= 0.6 is 0 Å². The lowest BCUT2D eigenvalue weighted by Crippen LogP contribution is -1.90. The summed E-state index contributed by atoms with van der Waals surface area (Å²) in [7, 11) is 0. The number of benzene rings is 4. The summed E-state index contributed by atoms with van der Waals surface area (Å²) in [4.78, 5) is 4.45. The van der Waals surface area contributed by atoms with Crippen molar-refractivity contribution in [2.24, 2.45) is 0 Å². The average Bonchev–Trinajstić information content (AvgIpc) is 2.75. The molecule has 0 spiro atoms. The summed E-state index contributed by atoms with van der Waals surface area (Å²) in [5.74, 6) is 1.42. The maximum atomic E-state index is 6.02. The Hall–Kier alpha value is -3.65. The summed E-state index contributed by atoms with van der Waals surface area (Å²) in [5, 5.41) is 4.57. The van der Waals surface area contributed by atoms with E-state index in [0.717, 1.165) is 16.5 Å². The van der Waals surface area contributed by atoms with E-state index in [0.29, 0.717) is 5.88 Å². The summed E-state index contributed by atoms with van der Waals surface area (Å²) in [6, 6.07) is 33.1. The maximum Gasteiger partial charge on any atom is 0.227 e. The van der Waals surface area contributed by atoms with E-state index in [4.69, 9.17) is 4.74 Å². The lowest BCUT2D eigenvalue weighted by Gasteiger charge is -2.10. The number of pyridine rings is 1. The zero-order valence-corrected chi connectivity index (χ0v) is 14.7. The van der Waals surface area contributed by atoms with Crippen LogP contribution in [0.5, 0.6) is 11.6 Å². The minimum atomic E-state index is 0.632. The summed E-state index contributed by atoms with van der Waals surface area (Å²) in [6.45, 7) is 0. The fourth-order valence-corrected chi connectivity index (χ4v) is 3.46. The van der Waals surface area contributed by atoms with E-state index in [1.54, 1.807) is 0 Å². The summed E-state index contributed by atoms with van der Waals surface area (Å²) < 4.78 is 6.02. The third-order valence-corrected chi connectivity index (χ3v) is 4.79. The van der Waals surface area contributed by atoms with Crippen molar-refractivity contribution >= 4 is 21.5 Å². The van der Waals surface area contributed by atoms with Gasteiger partial charge in [0.2, 0.25) is 5.88 Å². The number of hydrogen-bond acceptors (Lipinski definition) is 2. The van der Waals surface area contributed by atoms with Crippen molar-refractivity contribution in [3.63, 3.8) is 0 Å². The first-order valence-electron chi connectivity index (χ1n) is 8.98.